The lowest BCUT2D eigenvalue weighted by molar-refractivity contribution is -0.113. The monoisotopic (exact) mass is 537 g/mol. The number of nitrogens with zero attached hydrogens (tertiary/aromatic N) is 4. The predicted molar refractivity (Wildman–Crippen MR) is 149 cm³/mol. The highest BCUT2D eigenvalue weighted by Crippen LogP contribution is 2.28. The van der Waals surface area contributed by atoms with Gasteiger partial charge in [0.1, 0.15) is 11.5 Å². The minimum absolute atomic E-state index is 0.142. The summed E-state index contributed by atoms with van der Waals surface area (Å²) in [5, 5.41) is 14.9. The van der Waals surface area contributed by atoms with Crippen molar-refractivity contribution < 1.29 is 14.3 Å². The van der Waals surface area contributed by atoms with Crippen LogP contribution >= 0.6 is 23.1 Å². The quantitative estimate of drug-likeness (QED) is 0.226. The summed E-state index contributed by atoms with van der Waals surface area (Å²) < 4.78 is 13.5. The van der Waals surface area contributed by atoms with Crippen molar-refractivity contribution in [3.05, 3.63) is 65.3 Å². The molecular formula is C27H31N5O3S2. The molecule has 0 spiro atoms. The van der Waals surface area contributed by atoms with Gasteiger partial charge in [-0.1, -0.05) is 61.5 Å². The Hall–Kier alpha value is -3.37. The van der Waals surface area contributed by atoms with Crippen molar-refractivity contribution in [3.8, 4) is 22.8 Å². The maximum atomic E-state index is 12.7. The van der Waals surface area contributed by atoms with Crippen LogP contribution in [0.4, 0.5) is 5.13 Å². The molecule has 4 aromatic rings. The maximum Gasteiger partial charge on any atom is 0.236 e. The lowest BCUT2D eigenvalue weighted by atomic mass is 10.1. The van der Waals surface area contributed by atoms with E-state index in [1.54, 1.807) is 7.11 Å². The van der Waals surface area contributed by atoms with E-state index in [2.05, 4.69) is 34.3 Å². The van der Waals surface area contributed by atoms with Gasteiger partial charge in [-0.05, 0) is 31.9 Å². The molecule has 0 fully saturated rings. The minimum atomic E-state index is -0.336. The van der Waals surface area contributed by atoms with E-state index in [0.717, 1.165) is 17.0 Å². The maximum absolute atomic E-state index is 12.7. The Kier molecular flexibility index (Phi) is 8.83. The second-order valence-corrected chi connectivity index (χ2v) is 10.8. The molecule has 4 rings (SSSR count). The zero-order valence-electron chi connectivity index (χ0n) is 21.6. The highest BCUT2D eigenvalue weighted by Gasteiger charge is 2.21. The lowest BCUT2D eigenvalue weighted by Crippen LogP contribution is -2.17. The number of methoxy groups -OCH3 is 1. The third-order valence-corrected chi connectivity index (χ3v) is 7.17. The van der Waals surface area contributed by atoms with Gasteiger partial charge < -0.3 is 19.4 Å². The molecule has 0 aliphatic heterocycles. The molecule has 1 amide bonds. The van der Waals surface area contributed by atoms with Gasteiger partial charge in [0.2, 0.25) is 5.91 Å². The van der Waals surface area contributed by atoms with Crippen LogP contribution in [0, 0.1) is 12.8 Å². The zero-order valence-corrected chi connectivity index (χ0v) is 23.2. The van der Waals surface area contributed by atoms with Crippen molar-refractivity contribution in [3.63, 3.8) is 0 Å². The Morgan fingerprint density at radius 2 is 1.86 bits per heavy atom. The van der Waals surface area contributed by atoms with Gasteiger partial charge in [0, 0.05) is 23.6 Å². The molecule has 194 valence electrons. The summed E-state index contributed by atoms with van der Waals surface area (Å²) in [5.41, 5.74) is 3.06. The molecular weight excluding hydrogens is 506 g/mol. The lowest BCUT2D eigenvalue weighted by Gasteiger charge is -2.18. The van der Waals surface area contributed by atoms with Crippen LogP contribution in [-0.2, 0) is 11.3 Å². The van der Waals surface area contributed by atoms with Crippen LogP contribution in [0.15, 0.2) is 59.1 Å². The molecule has 1 N–H and O–H groups in total. The SMILES string of the molecule is COc1cccc(OC(C)c2nnc(SCC(=O)Nc3nc(-c4ccc(C)cc4)cs3)n2CC(C)C)c1. The number of thioether (sulfide) groups is 1. The Morgan fingerprint density at radius 1 is 1.11 bits per heavy atom. The number of benzene rings is 2. The Balaban J connectivity index is 1.40. The van der Waals surface area contributed by atoms with Gasteiger partial charge in [-0.2, -0.15) is 0 Å². The summed E-state index contributed by atoms with van der Waals surface area (Å²) in [4.78, 5) is 17.3. The van der Waals surface area contributed by atoms with E-state index in [1.165, 1.54) is 28.7 Å². The molecule has 2 heterocycles. The molecule has 2 aromatic carbocycles. The second-order valence-electron chi connectivity index (χ2n) is 9.03. The van der Waals surface area contributed by atoms with E-state index >= 15 is 0 Å². The zero-order chi connectivity index (χ0) is 26.4. The number of ether oxygens (including phenoxy) is 2. The van der Waals surface area contributed by atoms with Crippen LogP contribution < -0.4 is 14.8 Å². The number of aryl methyl sites for hydroxylation is 1. The number of aromatic nitrogens is 4. The fraction of sp³-hybridized carbons (Fsp3) is 0.333. The molecule has 1 atom stereocenters. The third-order valence-electron chi connectivity index (χ3n) is 5.44. The van der Waals surface area contributed by atoms with Crippen molar-refractivity contribution >= 4 is 34.1 Å². The summed E-state index contributed by atoms with van der Waals surface area (Å²) in [6.45, 7) is 8.97. The number of hydrogen-bond donors (Lipinski definition) is 1. The first-order chi connectivity index (χ1) is 17.8. The smallest absolute Gasteiger partial charge is 0.236 e. The Bertz CT molecular complexity index is 1330. The van der Waals surface area contributed by atoms with Gasteiger partial charge in [-0.25, -0.2) is 4.98 Å². The molecule has 0 radical (unpaired) electrons. The number of carbonyl (C=O) groups excluding carboxylic acids is 1. The standard InChI is InChI=1S/C27H31N5O3S2/c1-17(2)14-32-25(19(4)35-22-8-6-7-21(13-22)34-5)30-31-27(32)37-16-24(33)29-26-28-23(15-36-26)20-11-9-18(3)10-12-20/h6-13,15,17,19H,14,16H2,1-5H3,(H,28,29,33). The van der Waals surface area contributed by atoms with E-state index in [9.17, 15) is 4.79 Å². The summed E-state index contributed by atoms with van der Waals surface area (Å²) in [5.74, 6) is 2.54. The largest absolute Gasteiger partial charge is 0.497 e. The number of rotatable bonds is 11. The molecule has 0 saturated carbocycles. The van der Waals surface area contributed by atoms with E-state index in [1.807, 2.05) is 72.3 Å². The van der Waals surface area contributed by atoms with E-state index < -0.39 is 0 Å². The molecule has 0 bridgehead atoms. The first kappa shape index (κ1) is 26.7. The topological polar surface area (TPSA) is 91.2 Å². The van der Waals surface area contributed by atoms with Crippen LogP contribution in [0.5, 0.6) is 11.5 Å². The van der Waals surface area contributed by atoms with Gasteiger partial charge in [-0.3, -0.25) is 4.79 Å². The van der Waals surface area contributed by atoms with Crippen molar-refractivity contribution in [1.82, 2.24) is 19.7 Å². The van der Waals surface area contributed by atoms with Crippen molar-refractivity contribution in [2.75, 3.05) is 18.2 Å². The molecule has 2 aromatic heterocycles. The molecule has 10 heteroatoms. The molecule has 0 aliphatic carbocycles. The van der Waals surface area contributed by atoms with Crippen LogP contribution in [0.25, 0.3) is 11.3 Å². The first-order valence-corrected chi connectivity index (χ1v) is 13.9. The normalized spacial score (nSPS) is 11.9. The van der Waals surface area contributed by atoms with Crippen molar-refractivity contribution in [2.45, 2.75) is 45.5 Å². The number of hydrogen-bond acceptors (Lipinski definition) is 8. The second kappa shape index (κ2) is 12.2. The summed E-state index contributed by atoms with van der Waals surface area (Å²) in [6, 6.07) is 15.6. The van der Waals surface area contributed by atoms with E-state index in [0.29, 0.717) is 34.3 Å². The van der Waals surface area contributed by atoms with Gasteiger partial charge in [0.25, 0.3) is 0 Å². The minimum Gasteiger partial charge on any atom is -0.497 e. The highest BCUT2D eigenvalue weighted by atomic mass is 32.2. The summed E-state index contributed by atoms with van der Waals surface area (Å²) in [6.07, 6.45) is -0.336. The average molecular weight is 538 g/mol. The average Bonchev–Trinajstić information content (AvgIpc) is 3.50. The Morgan fingerprint density at radius 3 is 2.59 bits per heavy atom. The van der Waals surface area contributed by atoms with Crippen LogP contribution in [-0.4, -0.2) is 38.5 Å². The van der Waals surface area contributed by atoms with Crippen molar-refractivity contribution in [1.29, 1.82) is 0 Å². The molecule has 0 saturated heterocycles. The Labute approximate surface area is 225 Å². The molecule has 0 aliphatic rings. The molecule has 37 heavy (non-hydrogen) atoms. The van der Waals surface area contributed by atoms with Gasteiger partial charge in [-0.15, -0.1) is 21.5 Å². The summed E-state index contributed by atoms with van der Waals surface area (Å²) in [7, 11) is 1.62. The highest BCUT2D eigenvalue weighted by molar-refractivity contribution is 7.99. The molecule has 1 unspecified atom stereocenters. The third kappa shape index (κ3) is 7.11. The summed E-state index contributed by atoms with van der Waals surface area (Å²) >= 11 is 2.76. The fourth-order valence-corrected chi connectivity index (χ4v) is 5.14. The van der Waals surface area contributed by atoms with E-state index in [4.69, 9.17) is 9.47 Å². The van der Waals surface area contributed by atoms with Crippen LogP contribution in [0.1, 0.15) is 38.3 Å². The number of anilines is 1. The first-order valence-electron chi connectivity index (χ1n) is 12.0. The van der Waals surface area contributed by atoms with Gasteiger partial charge in [0.05, 0.1) is 18.6 Å². The van der Waals surface area contributed by atoms with Crippen molar-refractivity contribution in [2.24, 2.45) is 5.92 Å². The van der Waals surface area contributed by atoms with Gasteiger partial charge in [0.15, 0.2) is 22.2 Å². The van der Waals surface area contributed by atoms with E-state index in [-0.39, 0.29) is 17.8 Å². The van der Waals surface area contributed by atoms with Crippen LogP contribution in [0.3, 0.4) is 0 Å². The number of carbonyl (C=O) groups is 1. The van der Waals surface area contributed by atoms with Gasteiger partial charge >= 0.3 is 0 Å². The van der Waals surface area contributed by atoms with Crippen LogP contribution in [0.2, 0.25) is 0 Å². The molecule has 8 nitrogen and oxygen atoms in total. The number of thiazole rings is 1. The number of nitrogens with one attached hydrogen (secondary N) is 1. The predicted octanol–water partition coefficient (Wildman–Crippen LogP) is 6.25. The number of amides is 1. The fourth-order valence-electron chi connectivity index (χ4n) is 3.65.